The van der Waals surface area contributed by atoms with Crippen molar-refractivity contribution in [2.24, 2.45) is 0 Å². The van der Waals surface area contributed by atoms with Crippen molar-refractivity contribution >= 4 is 28.5 Å². The molecule has 23 heavy (non-hydrogen) atoms. The summed E-state index contributed by atoms with van der Waals surface area (Å²) in [7, 11) is 0. The van der Waals surface area contributed by atoms with Crippen LogP contribution in [0.15, 0.2) is 47.1 Å². The highest BCUT2D eigenvalue weighted by Gasteiger charge is 2.12. The molecule has 0 aliphatic heterocycles. The zero-order chi connectivity index (χ0) is 16.4. The number of amides is 1. The topological polar surface area (TPSA) is 42.2 Å². The molecule has 3 nitrogen and oxygen atoms in total. The van der Waals surface area contributed by atoms with Crippen molar-refractivity contribution in [2.75, 3.05) is 0 Å². The molecule has 1 amide bonds. The first-order valence-electron chi connectivity index (χ1n) is 7.52. The lowest BCUT2D eigenvalue weighted by Gasteiger charge is -2.05. The summed E-state index contributed by atoms with van der Waals surface area (Å²) < 4.78 is 5.64. The van der Waals surface area contributed by atoms with Crippen LogP contribution in [0.25, 0.3) is 11.0 Å². The summed E-state index contributed by atoms with van der Waals surface area (Å²) in [5.41, 5.74) is 5.06. The summed E-state index contributed by atoms with van der Waals surface area (Å²) in [6, 6.07) is 11.5. The lowest BCUT2D eigenvalue weighted by molar-refractivity contribution is -0.120. The summed E-state index contributed by atoms with van der Waals surface area (Å²) >= 11 is 5.94. The number of halogens is 1. The van der Waals surface area contributed by atoms with Gasteiger partial charge in [-0.25, -0.2) is 0 Å². The van der Waals surface area contributed by atoms with E-state index in [1.54, 1.807) is 6.26 Å². The van der Waals surface area contributed by atoms with Crippen LogP contribution in [0.3, 0.4) is 0 Å². The van der Waals surface area contributed by atoms with E-state index in [0.29, 0.717) is 18.0 Å². The second kappa shape index (κ2) is 6.47. The lowest BCUT2D eigenvalue weighted by Crippen LogP contribution is -2.24. The monoisotopic (exact) mass is 327 g/mol. The number of carbonyl (C=O) groups excluding carboxylic acids is 1. The average Bonchev–Trinajstić information content (AvgIpc) is 2.93. The van der Waals surface area contributed by atoms with Crippen LogP contribution in [0.1, 0.15) is 22.3 Å². The number of nitrogens with one attached hydrogen (secondary N) is 1. The van der Waals surface area contributed by atoms with Gasteiger partial charge in [-0.1, -0.05) is 35.9 Å². The molecule has 0 atom stereocenters. The fourth-order valence-electron chi connectivity index (χ4n) is 2.61. The van der Waals surface area contributed by atoms with Crippen LogP contribution in [-0.2, 0) is 17.8 Å². The van der Waals surface area contributed by atoms with Crippen LogP contribution >= 0.6 is 11.6 Å². The van der Waals surface area contributed by atoms with E-state index in [1.807, 2.05) is 37.3 Å². The minimum absolute atomic E-state index is 0.0362. The third kappa shape index (κ3) is 3.40. The van der Waals surface area contributed by atoms with Gasteiger partial charge in [0.05, 0.1) is 12.7 Å². The summed E-state index contributed by atoms with van der Waals surface area (Å²) in [5, 5.41) is 4.59. The molecule has 1 heterocycles. The van der Waals surface area contributed by atoms with Crippen LogP contribution in [0.5, 0.6) is 0 Å². The maximum absolute atomic E-state index is 12.2. The summed E-state index contributed by atoms with van der Waals surface area (Å²) in [5.74, 6) is -0.0362. The van der Waals surface area contributed by atoms with E-state index in [2.05, 4.69) is 18.3 Å². The maximum atomic E-state index is 12.2. The molecule has 0 aliphatic carbocycles. The predicted octanol–water partition coefficient (Wildman–Crippen LogP) is 4.56. The van der Waals surface area contributed by atoms with E-state index in [0.717, 1.165) is 27.7 Å². The smallest absolute Gasteiger partial charge is 0.224 e. The Morgan fingerprint density at radius 2 is 2.04 bits per heavy atom. The van der Waals surface area contributed by atoms with Crippen molar-refractivity contribution in [3.8, 4) is 0 Å². The van der Waals surface area contributed by atoms with Crippen molar-refractivity contribution in [3.05, 3.63) is 69.9 Å². The molecule has 3 rings (SSSR count). The normalized spacial score (nSPS) is 10.9. The molecule has 0 radical (unpaired) electrons. The van der Waals surface area contributed by atoms with Gasteiger partial charge in [-0.15, -0.1) is 0 Å². The Morgan fingerprint density at radius 3 is 2.83 bits per heavy atom. The minimum Gasteiger partial charge on any atom is -0.464 e. The Kier molecular flexibility index (Phi) is 4.39. The number of rotatable bonds is 4. The van der Waals surface area contributed by atoms with Crippen LogP contribution in [0.4, 0.5) is 0 Å². The Morgan fingerprint density at radius 1 is 1.22 bits per heavy atom. The zero-order valence-electron chi connectivity index (χ0n) is 13.2. The molecule has 1 aromatic heterocycles. The van der Waals surface area contributed by atoms with Gasteiger partial charge < -0.3 is 9.73 Å². The fourth-order valence-corrected chi connectivity index (χ4v) is 2.82. The second-order valence-corrected chi connectivity index (χ2v) is 6.16. The summed E-state index contributed by atoms with van der Waals surface area (Å²) in [4.78, 5) is 12.2. The molecule has 0 saturated carbocycles. The Balaban J connectivity index is 1.70. The highest BCUT2D eigenvalue weighted by Crippen LogP contribution is 2.26. The van der Waals surface area contributed by atoms with Crippen molar-refractivity contribution in [1.82, 2.24) is 5.32 Å². The first-order valence-corrected chi connectivity index (χ1v) is 7.90. The van der Waals surface area contributed by atoms with Crippen LogP contribution in [-0.4, -0.2) is 5.91 Å². The second-order valence-electron chi connectivity index (χ2n) is 5.73. The number of carbonyl (C=O) groups is 1. The van der Waals surface area contributed by atoms with Crippen molar-refractivity contribution in [3.63, 3.8) is 0 Å². The zero-order valence-corrected chi connectivity index (χ0v) is 13.9. The summed E-state index contributed by atoms with van der Waals surface area (Å²) in [6.07, 6.45) is 1.98. The molecule has 0 fully saturated rings. The highest BCUT2D eigenvalue weighted by atomic mass is 35.5. The van der Waals surface area contributed by atoms with Gasteiger partial charge in [0.1, 0.15) is 5.58 Å². The number of benzene rings is 2. The standard InChI is InChI=1S/C19H18ClNO2/c1-12-6-7-17-15(11-23-19(17)13(12)2)9-18(22)21-10-14-4-3-5-16(20)8-14/h3-8,11H,9-10H2,1-2H3,(H,21,22). The quantitative estimate of drug-likeness (QED) is 0.763. The molecule has 118 valence electrons. The molecule has 0 saturated heterocycles. The van der Waals surface area contributed by atoms with Crippen molar-refractivity contribution < 1.29 is 9.21 Å². The number of hydrogen-bond acceptors (Lipinski definition) is 2. The molecular formula is C19H18ClNO2. The van der Waals surface area contributed by atoms with E-state index in [1.165, 1.54) is 5.56 Å². The molecule has 1 N–H and O–H groups in total. The van der Waals surface area contributed by atoms with Gasteiger partial charge in [0.2, 0.25) is 5.91 Å². The highest BCUT2D eigenvalue weighted by molar-refractivity contribution is 6.30. The van der Waals surface area contributed by atoms with Gasteiger partial charge in [-0.2, -0.15) is 0 Å². The Bertz CT molecular complexity index is 867. The average molecular weight is 328 g/mol. The third-order valence-electron chi connectivity index (χ3n) is 4.07. The van der Waals surface area contributed by atoms with Gasteiger partial charge in [-0.3, -0.25) is 4.79 Å². The van der Waals surface area contributed by atoms with Crippen LogP contribution in [0.2, 0.25) is 5.02 Å². The molecule has 3 aromatic rings. The van der Waals surface area contributed by atoms with Gasteiger partial charge in [-0.05, 0) is 42.7 Å². The van der Waals surface area contributed by atoms with Crippen molar-refractivity contribution in [1.29, 1.82) is 0 Å². The predicted molar refractivity (Wildman–Crippen MR) is 92.7 cm³/mol. The van der Waals surface area contributed by atoms with Gasteiger partial charge in [0.15, 0.2) is 0 Å². The van der Waals surface area contributed by atoms with Crippen molar-refractivity contribution in [2.45, 2.75) is 26.8 Å². The van der Waals surface area contributed by atoms with E-state index < -0.39 is 0 Å². The SMILES string of the molecule is Cc1ccc2c(CC(=O)NCc3cccc(Cl)c3)coc2c1C. The number of fused-ring (bicyclic) bond motifs is 1. The van der Waals surface area contributed by atoms with E-state index >= 15 is 0 Å². The first-order chi connectivity index (χ1) is 11.0. The molecular weight excluding hydrogens is 310 g/mol. The number of aryl methyl sites for hydroxylation is 2. The van der Waals surface area contributed by atoms with E-state index in [4.69, 9.17) is 16.0 Å². The van der Waals surface area contributed by atoms with Gasteiger partial charge in [0.25, 0.3) is 0 Å². The van der Waals surface area contributed by atoms with Gasteiger partial charge >= 0.3 is 0 Å². The van der Waals surface area contributed by atoms with E-state index in [-0.39, 0.29) is 5.91 Å². The fraction of sp³-hybridized carbons (Fsp3) is 0.211. The third-order valence-corrected chi connectivity index (χ3v) is 4.31. The number of furan rings is 1. The first kappa shape index (κ1) is 15.6. The van der Waals surface area contributed by atoms with Crippen LogP contribution in [0, 0.1) is 13.8 Å². The molecule has 0 unspecified atom stereocenters. The maximum Gasteiger partial charge on any atom is 0.224 e. The minimum atomic E-state index is -0.0362. The molecule has 2 aromatic carbocycles. The largest absolute Gasteiger partial charge is 0.464 e. The number of hydrogen-bond donors (Lipinski definition) is 1. The lowest BCUT2D eigenvalue weighted by atomic mass is 10.0. The Hall–Kier alpha value is -2.26. The molecule has 0 spiro atoms. The molecule has 4 heteroatoms. The van der Waals surface area contributed by atoms with Gasteiger partial charge in [0, 0.05) is 22.5 Å². The summed E-state index contributed by atoms with van der Waals surface area (Å²) in [6.45, 7) is 4.55. The Labute approximate surface area is 140 Å². The van der Waals surface area contributed by atoms with Crippen LogP contribution < -0.4 is 5.32 Å². The molecule has 0 aliphatic rings. The molecule has 0 bridgehead atoms. The van der Waals surface area contributed by atoms with E-state index in [9.17, 15) is 4.79 Å².